The van der Waals surface area contributed by atoms with E-state index in [1.54, 1.807) is 0 Å². The SMILES string of the molecule is CN1C(=O)CC(Nc2ncccc2C(=O)O)C1=O. The fraction of sp³-hybridized carbons (Fsp3) is 0.273. The van der Waals surface area contributed by atoms with Crippen molar-refractivity contribution in [1.82, 2.24) is 9.88 Å². The molecule has 0 saturated carbocycles. The lowest BCUT2D eigenvalue weighted by Crippen LogP contribution is -2.32. The Hall–Kier alpha value is -2.44. The molecular weight excluding hydrogens is 238 g/mol. The van der Waals surface area contributed by atoms with Crippen molar-refractivity contribution >= 4 is 23.6 Å². The molecule has 1 aromatic rings. The van der Waals surface area contributed by atoms with Crippen molar-refractivity contribution < 1.29 is 19.5 Å². The van der Waals surface area contributed by atoms with E-state index >= 15 is 0 Å². The largest absolute Gasteiger partial charge is 0.478 e. The summed E-state index contributed by atoms with van der Waals surface area (Å²) in [7, 11) is 1.39. The van der Waals surface area contributed by atoms with Crippen LogP contribution in [0, 0.1) is 0 Å². The summed E-state index contributed by atoms with van der Waals surface area (Å²) in [5, 5.41) is 11.7. The standard InChI is InChI=1S/C11H11N3O4/c1-14-8(15)5-7(10(14)16)13-9-6(11(17)18)3-2-4-12-9/h2-4,7H,5H2,1H3,(H,12,13)(H,17,18). The highest BCUT2D eigenvalue weighted by Crippen LogP contribution is 2.18. The average Bonchev–Trinajstić information content (AvgIpc) is 2.57. The maximum Gasteiger partial charge on any atom is 0.339 e. The predicted octanol–water partition coefficient (Wildman–Crippen LogP) is -0.0510. The molecule has 1 fully saturated rings. The van der Waals surface area contributed by atoms with Gasteiger partial charge in [0.1, 0.15) is 17.4 Å². The van der Waals surface area contributed by atoms with Gasteiger partial charge in [0.15, 0.2) is 0 Å². The lowest BCUT2D eigenvalue weighted by Gasteiger charge is -2.12. The molecule has 1 aliphatic heterocycles. The van der Waals surface area contributed by atoms with Crippen LogP contribution >= 0.6 is 0 Å². The number of pyridine rings is 1. The second kappa shape index (κ2) is 4.44. The quantitative estimate of drug-likeness (QED) is 0.728. The van der Waals surface area contributed by atoms with Crippen molar-refractivity contribution in [2.24, 2.45) is 0 Å². The van der Waals surface area contributed by atoms with E-state index in [1.165, 1.54) is 25.4 Å². The zero-order chi connectivity index (χ0) is 13.3. The molecule has 7 heteroatoms. The number of nitrogens with one attached hydrogen (secondary N) is 1. The predicted molar refractivity (Wildman–Crippen MR) is 61.0 cm³/mol. The van der Waals surface area contributed by atoms with E-state index in [0.29, 0.717) is 0 Å². The number of anilines is 1. The molecule has 0 spiro atoms. The minimum absolute atomic E-state index is 0.00493. The third-order valence-electron chi connectivity index (χ3n) is 2.73. The van der Waals surface area contributed by atoms with E-state index in [-0.39, 0.29) is 29.6 Å². The van der Waals surface area contributed by atoms with Crippen molar-refractivity contribution in [2.45, 2.75) is 12.5 Å². The number of imide groups is 1. The van der Waals surface area contributed by atoms with Crippen molar-refractivity contribution in [1.29, 1.82) is 0 Å². The van der Waals surface area contributed by atoms with Crippen LogP contribution in [0.4, 0.5) is 5.82 Å². The summed E-state index contributed by atoms with van der Waals surface area (Å²) in [4.78, 5) is 38.9. The first kappa shape index (κ1) is 12.0. The molecule has 2 amide bonds. The Morgan fingerprint density at radius 1 is 1.56 bits per heavy atom. The van der Waals surface area contributed by atoms with Crippen LogP contribution in [0.25, 0.3) is 0 Å². The molecule has 2 N–H and O–H groups in total. The molecule has 0 aliphatic carbocycles. The average molecular weight is 249 g/mol. The van der Waals surface area contributed by atoms with Gasteiger partial charge in [-0.3, -0.25) is 14.5 Å². The molecule has 0 radical (unpaired) electrons. The second-order valence-electron chi connectivity index (χ2n) is 3.90. The summed E-state index contributed by atoms with van der Waals surface area (Å²) < 4.78 is 0. The first-order chi connectivity index (χ1) is 8.50. The summed E-state index contributed by atoms with van der Waals surface area (Å²) in [5.74, 6) is -1.74. The van der Waals surface area contributed by atoms with Gasteiger partial charge >= 0.3 is 5.97 Å². The molecule has 1 saturated heterocycles. The van der Waals surface area contributed by atoms with Crippen molar-refractivity contribution in [3.8, 4) is 0 Å². The summed E-state index contributed by atoms with van der Waals surface area (Å²) in [6.07, 6.45) is 1.42. The van der Waals surface area contributed by atoms with Gasteiger partial charge in [0.05, 0.1) is 6.42 Å². The van der Waals surface area contributed by atoms with Crippen LogP contribution in [0.2, 0.25) is 0 Å². The smallest absolute Gasteiger partial charge is 0.339 e. The Bertz CT molecular complexity index is 529. The maximum absolute atomic E-state index is 11.7. The van der Waals surface area contributed by atoms with Crippen LogP contribution in [0.5, 0.6) is 0 Å². The van der Waals surface area contributed by atoms with E-state index in [0.717, 1.165) is 4.90 Å². The molecule has 2 heterocycles. The number of carboxylic acid groups (broad SMARTS) is 1. The first-order valence-corrected chi connectivity index (χ1v) is 5.26. The minimum Gasteiger partial charge on any atom is -0.478 e. The molecule has 0 aromatic carbocycles. The van der Waals surface area contributed by atoms with Crippen molar-refractivity contribution in [3.63, 3.8) is 0 Å². The Kier molecular flexibility index (Phi) is 2.97. The molecule has 2 rings (SSSR count). The number of carbonyl (C=O) groups excluding carboxylic acids is 2. The summed E-state index contributed by atoms with van der Waals surface area (Å²) in [6.45, 7) is 0. The number of rotatable bonds is 3. The zero-order valence-electron chi connectivity index (χ0n) is 9.58. The van der Waals surface area contributed by atoms with Gasteiger partial charge in [0.25, 0.3) is 5.91 Å². The molecular formula is C11H11N3O4. The van der Waals surface area contributed by atoms with Gasteiger partial charge in [-0.05, 0) is 12.1 Å². The summed E-state index contributed by atoms with van der Waals surface area (Å²) in [5.41, 5.74) is -0.0349. The molecule has 7 nitrogen and oxygen atoms in total. The van der Waals surface area contributed by atoms with E-state index in [2.05, 4.69) is 10.3 Å². The molecule has 1 unspecified atom stereocenters. The first-order valence-electron chi connectivity index (χ1n) is 5.26. The number of likely N-dealkylation sites (tertiary alicyclic amines) is 1. The lowest BCUT2D eigenvalue weighted by molar-refractivity contribution is -0.136. The van der Waals surface area contributed by atoms with Crippen LogP contribution < -0.4 is 5.32 Å². The van der Waals surface area contributed by atoms with Crippen molar-refractivity contribution in [2.75, 3.05) is 12.4 Å². The van der Waals surface area contributed by atoms with E-state index < -0.39 is 12.0 Å². The topological polar surface area (TPSA) is 99.6 Å². The number of aromatic nitrogens is 1. The van der Waals surface area contributed by atoms with Gasteiger partial charge in [0.2, 0.25) is 5.91 Å². The number of carbonyl (C=O) groups is 3. The third-order valence-corrected chi connectivity index (χ3v) is 2.73. The number of hydrogen-bond acceptors (Lipinski definition) is 5. The molecule has 1 aliphatic rings. The number of aromatic carboxylic acids is 1. The van der Waals surface area contributed by atoms with Crippen LogP contribution in [0.1, 0.15) is 16.8 Å². The van der Waals surface area contributed by atoms with Crippen LogP contribution in [0.15, 0.2) is 18.3 Å². The Morgan fingerprint density at radius 3 is 2.83 bits per heavy atom. The van der Waals surface area contributed by atoms with Gasteiger partial charge in [-0.25, -0.2) is 9.78 Å². The summed E-state index contributed by atoms with van der Waals surface area (Å²) >= 11 is 0. The highest BCUT2D eigenvalue weighted by Gasteiger charge is 2.36. The van der Waals surface area contributed by atoms with Crippen LogP contribution in [0.3, 0.4) is 0 Å². The van der Waals surface area contributed by atoms with E-state index in [9.17, 15) is 14.4 Å². The molecule has 0 bridgehead atoms. The zero-order valence-corrected chi connectivity index (χ0v) is 9.58. The fourth-order valence-electron chi connectivity index (χ4n) is 1.73. The number of amides is 2. The Morgan fingerprint density at radius 2 is 2.28 bits per heavy atom. The summed E-state index contributed by atoms with van der Waals surface area (Å²) in [6, 6.07) is 2.11. The highest BCUT2D eigenvalue weighted by atomic mass is 16.4. The van der Waals surface area contributed by atoms with Crippen molar-refractivity contribution in [3.05, 3.63) is 23.9 Å². The number of nitrogens with zero attached hydrogens (tertiary/aromatic N) is 2. The minimum atomic E-state index is -1.14. The van der Waals surface area contributed by atoms with Crippen LogP contribution in [-0.4, -0.2) is 45.9 Å². The van der Waals surface area contributed by atoms with Gasteiger partial charge in [-0.1, -0.05) is 0 Å². The van der Waals surface area contributed by atoms with Gasteiger partial charge in [-0.2, -0.15) is 0 Å². The Labute approximate surface area is 102 Å². The second-order valence-corrected chi connectivity index (χ2v) is 3.90. The normalized spacial score (nSPS) is 19.2. The van der Waals surface area contributed by atoms with Gasteiger partial charge < -0.3 is 10.4 Å². The highest BCUT2D eigenvalue weighted by molar-refractivity contribution is 6.07. The number of hydrogen-bond donors (Lipinski definition) is 2. The fourth-order valence-corrected chi connectivity index (χ4v) is 1.73. The molecule has 18 heavy (non-hydrogen) atoms. The van der Waals surface area contributed by atoms with Gasteiger partial charge in [0, 0.05) is 13.2 Å². The molecule has 94 valence electrons. The molecule has 1 atom stereocenters. The van der Waals surface area contributed by atoms with E-state index in [1.807, 2.05) is 0 Å². The molecule has 1 aromatic heterocycles. The van der Waals surface area contributed by atoms with Gasteiger partial charge in [-0.15, -0.1) is 0 Å². The number of likely N-dealkylation sites (N-methyl/N-ethyl adjacent to an activating group) is 1. The van der Waals surface area contributed by atoms with Crippen LogP contribution in [-0.2, 0) is 9.59 Å². The Balaban J connectivity index is 2.23. The van der Waals surface area contributed by atoms with E-state index in [4.69, 9.17) is 5.11 Å². The lowest BCUT2D eigenvalue weighted by atomic mass is 10.2. The monoisotopic (exact) mass is 249 g/mol. The number of carboxylic acids is 1. The third kappa shape index (κ3) is 2.02. The maximum atomic E-state index is 11.7.